The van der Waals surface area contributed by atoms with Crippen molar-refractivity contribution in [3.8, 4) is 22.4 Å². The molecule has 4 bridgehead atoms. The van der Waals surface area contributed by atoms with Gasteiger partial charge < -0.3 is 9.88 Å². The van der Waals surface area contributed by atoms with E-state index in [0.29, 0.717) is 0 Å². The van der Waals surface area contributed by atoms with Crippen molar-refractivity contribution in [2.24, 2.45) is 23.2 Å². The number of para-hydroxylation sites is 1. The van der Waals surface area contributed by atoms with Crippen LogP contribution in [0.2, 0.25) is 0 Å². The van der Waals surface area contributed by atoms with Crippen LogP contribution in [0.15, 0.2) is 152 Å². The topological polar surface area (TPSA) is 34.0 Å². The predicted octanol–water partition coefficient (Wildman–Crippen LogP) is 11.9. The summed E-state index contributed by atoms with van der Waals surface area (Å²) in [5, 5.41) is 7.10. The zero-order valence-electron chi connectivity index (χ0n) is 28.8. The summed E-state index contributed by atoms with van der Waals surface area (Å²) in [6.07, 6.45) is 7.21. The second-order valence-corrected chi connectivity index (χ2v) is 15.6. The quantitative estimate of drug-likeness (QED) is 0.181. The van der Waals surface area contributed by atoms with Gasteiger partial charge in [0.2, 0.25) is 5.91 Å². The van der Waals surface area contributed by atoms with Crippen LogP contribution in [-0.2, 0) is 4.79 Å². The monoisotopic (exact) mass is 662 g/mol. The van der Waals surface area contributed by atoms with Gasteiger partial charge in [0.05, 0.1) is 22.7 Å². The molecule has 51 heavy (non-hydrogen) atoms. The molecule has 3 heteroatoms. The minimum atomic E-state index is -0.177. The number of nitrogens with zero attached hydrogens (tertiary/aromatic N) is 1. The van der Waals surface area contributed by atoms with Crippen molar-refractivity contribution >= 4 is 33.3 Å². The smallest absolute Gasteiger partial charge is 0.230 e. The molecule has 4 fully saturated rings. The predicted molar refractivity (Wildman–Crippen MR) is 210 cm³/mol. The highest BCUT2D eigenvalue weighted by Gasteiger charge is 2.54. The molecule has 1 heterocycles. The van der Waals surface area contributed by atoms with Crippen LogP contribution in [0, 0.1) is 23.2 Å². The van der Waals surface area contributed by atoms with Crippen LogP contribution in [-0.4, -0.2) is 10.5 Å². The van der Waals surface area contributed by atoms with Crippen molar-refractivity contribution in [3.05, 3.63) is 163 Å². The Morgan fingerprint density at radius 3 is 1.84 bits per heavy atom. The number of hydrogen-bond donors (Lipinski definition) is 1. The van der Waals surface area contributed by atoms with E-state index < -0.39 is 0 Å². The molecule has 0 spiro atoms. The van der Waals surface area contributed by atoms with E-state index in [1.165, 1.54) is 74.4 Å². The Labute approximate surface area is 300 Å². The minimum Gasteiger partial charge on any atom is -0.328 e. The third-order valence-electron chi connectivity index (χ3n) is 12.4. The molecule has 1 atom stereocenters. The Balaban J connectivity index is 1.13. The number of fused-ring (bicyclic) bond motifs is 2. The first-order valence-corrected chi connectivity index (χ1v) is 18.8. The summed E-state index contributed by atoms with van der Waals surface area (Å²) >= 11 is 0. The molecular weight excluding hydrogens is 621 g/mol. The summed E-state index contributed by atoms with van der Waals surface area (Å²) in [5.74, 6) is 2.46. The molecular formula is C48H42N2O. The number of anilines is 1. The maximum Gasteiger partial charge on any atom is 0.230 e. The van der Waals surface area contributed by atoms with Crippen LogP contribution in [0.1, 0.15) is 55.7 Å². The highest BCUT2D eigenvalue weighted by Crippen LogP contribution is 2.60. The molecule has 1 N–H and O–H groups in total. The molecule has 4 aliphatic rings. The van der Waals surface area contributed by atoms with Crippen LogP contribution in [0.4, 0.5) is 5.69 Å². The Morgan fingerprint density at radius 2 is 1.16 bits per heavy atom. The number of aromatic nitrogens is 1. The third kappa shape index (κ3) is 5.21. The van der Waals surface area contributed by atoms with Gasteiger partial charge in [-0.25, -0.2) is 0 Å². The fraction of sp³-hybridized carbons (Fsp3) is 0.229. The van der Waals surface area contributed by atoms with Crippen molar-refractivity contribution in [3.63, 3.8) is 0 Å². The van der Waals surface area contributed by atoms with E-state index in [2.05, 4.69) is 162 Å². The van der Waals surface area contributed by atoms with Crippen molar-refractivity contribution in [2.45, 2.75) is 44.6 Å². The molecule has 6 aromatic carbocycles. The molecule has 0 saturated heterocycles. The van der Waals surface area contributed by atoms with E-state index in [0.717, 1.165) is 42.7 Å². The molecule has 0 aliphatic heterocycles. The standard InChI is InChI=1S/C48H42N2O/c51-47(48-29-32-25-33(30-48)27-34(26-32)31-48)49-41-23-21-38(22-24-41)45(40-20-19-35-11-7-8-16-39(35)28-40)50-43-18-10-9-17-42(43)44(36-12-3-1-4-13-36)46(50)37-14-5-2-6-15-37/h1-24,28,32-34,45H,25-27,29-31H2,(H,49,51)/t32?,33?,34?,45-,48?/m0/s1. The van der Waals surface area contributed by atoms with Crippen molar-refractivity contribution in [1.29, 1.82) is 0 Å². The zero-order chi connectivity index (χ0) is 33.9. The molecule has 3 nitrogen and oxygen atoms in total. The average Bonchev–Trinajstić information content (AvgIpc) is 3.50. The largest absolute Gasteiger partial charge is 0.328 e. The summed E-state index contributed by atoms with van der Waals surface area (Å²) in [4.78, 5) is 14.0. The molecule has 1 aromatic heterocycles. The second-order valence-electron chi connectivity index (χ2n) is 15.6. The molecule has 4 aliphatic carbocycles. The summed E-state index contributed by atoms with van der Waals surface area (Å²) in [5.41, 5.74) is 9.11. The highest BCUT2D eigenvalue weighted by atomic mass is 16.2. The highest BCUT2D eigenvalue weighted by molar-refractivity contribution is 6.05. The number of benzene rings is 6. The van der Waals surface area contributed by atoms with Crippen molar-refractivity contribution in [2.75, 3.05) is 5.32 Å². The van der Waals surface area contributed by atoms with E-state index in [-0.39, 0.29) is 17.4 Å². The lowest BCUT2D eigenvalue weighted by molar-refractivity contribution is -0.140. The normalized spacial score (nSPS) is 22.7. The molecule has 4 saturated carbocycles. The van der Waals surface area contributed by atoms with Gasteiger partial charge in [0.15, 0.2) is 0 Å². The second kappa shape index (κ2) is 12.1. The third-order valence-corrected chi connectivity index (χ3v) is 12.4. The Kier molecular flexibility index (Phi) is 7.23. The number of carbonyl (C=O) groups is 1. The Bertz CT molecular complexity index is 2350. The maximum atomic E-state index is 14.0. The van der Waals surface area contributed by atoms with Gasteiger partial charge >= 0.3 is 0 Å². The van der Waals surface area contributed by atoms with Gasteiger partial charge in [-0.05, 0) is 114 Å². The fourth-order valence-corrected chi connectivity index (χ4v) is 10.6. The van der Waals surface area contributed by atoms with Gasteiger partial charge in [-0.2, -0.15) is 0 Å². The number of carbonyl (C=O) groups excluding carboxylic acids is 1. The van der Waals surface area contributed by atoms with Crippen LogP contribution in [0.3, 0.4) is 0 Å². The number of hydrogen-bond acceptors (Lipinski definition) is 1. The Morgan fingerprint density at radius 1 is 0.588 bits per heavy atom. The van der Waals surface area contributed by atoms with E-state index in [1.807, 2.05) is 0 Å². The SMILES string of the molecule is O=C(Nc1ccc([C@@H](c2ccc3ccccc3c2)n2c(-c3ccccc3)c(-c3ccccc3)c3ccccc32)cc1)C12CC3CC(CC(C3)C1)C2. The molecule has 0 radical (unpaired) electrons. The molecule has 1 amide bonds. The molecule has 11 rings (SSSR count). The van der Waals surface area contributed by atoms with Gasteiger partial charge in [-0.1, -0.05) is 127 Å². The number of amides is 1. The zero-order valence-corrected chi connectivity index (χ0v) is 28.8. The van der Waals surface area contributed by atoms with Gasteiger partial charge in [0.1, 0.15) is 0 Å². The number of nitrogens with one attached hydrogen (secondary N) is 1. The van der Waals surface area contributed by atoms with E-state index in [4.69, 9.17) is 0 Å². The average molecular weight is 663 g/mol. The van der Waals surface area contributed by atoms with Gasteiger partial charge in [0, 0.05) is 16.6 Å². The Hall–Kier alpha value is -5.41. The summed E-state index contributed by atoms with van der Waals surface area (Å²) < 4.78 is 2.56. The maximum absolute atomic E-state index is 14.0. The van der Waals surface area contributed by atoms with Gasteiger partial charge in [-0.15, -0.1) is 0 Å². The van der Waals surface area contributed by atoms with E-state index in [9.17, 15) is 4.79 Å². The lowest BCUT2D eigenvalue weighted by atomic mass is 9.49. The lowest BCUT2D eigenvalue weighted by Gasteiger charge is -2.55. The van der Waals surface area contributed by atoms with E-state index >= 15 is 0 Å². The lowest BCUT2D eigenvalue weighted by Crippen LogP contribution is -2.51. The first kappa shape index (κ1) is 30.4. The van der Waals surface area contributed by atoms with Gasteiger partial charge in [-0.3, -0.25) is 4.79 Å². The fourth-order valence-electron chi connectivity index (χ4n) is 10.6. The molecule has 0 unspecified atom stereocenters. The summed E-state index contributed by atoms with van der Waals surface area (Å²) in [6, 6.07) is 54.6. The van der Waals surface area contributed by atoms with Gasteiger partial charge in [0.25, 0.3) is 0 Å². The molecule has 7 aromatic rings. The van der Waals surface area contributed by atoms with Crippen LogP contribution < -0.4 is 5.32 Å². The minimum absolute atomic E-state index is 0.125. The van der Waals surface area contributed by atoms with Crippen LogP contribution in [0.5, 0.6) is 0 Å². The first-order chi connectivity index (χ1) is 25.1. The molecule has 250 valence electrons. The van der Waals surface area contributed by atoms with Crippen LogP contribution >= 0.6 is 0 Å². The summed E-state index contributed by atoms with van der Waals surface area (Å²) in [7, 11) is 0. The summed E-state index contributed by atoms with van der Waals surface area (Å²) in [6.45, 7) is 0. The van der Waals surface area contributed by atoms with Crippen LogP contribution in [0.25, 0.3) is 44.1 Å². The van der Waals surface area contributed by atoms with E-state index in [1.54, 1.807) is 0 Å². The number of rotatable bonds is 7. The first-order valence-electron chi connectivity index (χ1n) is 18.8. The van der Waals surface area contributed by atoms with Crippen molar-refractivity contribution in [1.82, 2.24) is 4.57 Å². The van der Waals surface area contributed by atoms with Crippen molar-refractivity contribution < 1.29 is 4.79 Å².